The Bertz CT molecular complexity index is 1160. The van der Waals surface area contributed by atoms with Crippen molar-refractivity contribution >= 4 is 18.2 Å². The fraction of sp³-hybridized carbons (Fsp3) is 0.182. The van der Waals surface area contributed by atoms with Crippen LogP contribution in [0, 0.1) is 20.8 Å². The molecule has 0 bridgehead atoms. The summed E-state index contributed by atoms with van der Waals surface area (Å²) in [7, 11) is 0. The number of pyridine rings is 1. The van der Waals surface area contributed by atoms with Gasteiger partial charge in [-0.1, -0.05) is 0 Å². The molecule has 1 aromatic carbocycles. The maximum absolute atomic E-state index is 12.6. The summed E-state index contributed by atoms with van der Waals surface area (Å²) < 4.78 is 1.77. The minimum atomic E-state index is -1.10. The summed E-state index contributed by atoms with van der Waals surface area (Å²) in [6.07, 6.45) is 1.92. The number of benzene rings is 1. The van der Waals surface area contributed by atoms with Gasteiger partial charge in [0.2, 0.25) is 0 Å². The highest BCUT2D eigenvalue weighted by atomic mass is 16.4. The minimum Gasteiger partial charge on any atom is -0.506 e. The van der Waals surface area contributed by atoms with E-state index in [9.17, 15) is 24.6 Å². The van der Waals surface area contributed by atoms with E-state index in [2.05, 4.69) is 15.8 Å². The third-order valence-corrected chi connectivity index (χ3v) is 4.97. The molecule has 1 amide bonds. The van der Waals surface area contributed by atoms with Crippen molar-refractivity contribution in [3.05, 3.63) is 75.9 Å². The molecule has 3 aromatic rings. The number of carboxylic acids is 1. The average molecular weight is 422 g/mol. The molecule has 0 spiro atoms. The van der Waals surface area contributed by atoms with Gasteiger partial charge in [0.25, 0.3) is 5.91 Å². The zero-order valence-corrected chi connectivity index (χ0v) is 17.3. The van der Waals surface area contributed by atoms with Gasteiger partial charge in [0.1, 0.15) is 5.75 Å². The largest absolute Gasteiger partial charge is 0.506 e. The summed E-state index contributed by atoms with van der Waals surface area (Å²) in [6, 6.07) is 8.04. The van der Waals surface area contributed by atoms with Crippen molar-refractivity contribution in [3.8, 4) is 11.4 Å². The Labute approximate surface area is 178 Å². The molecule has 2 aromatic heterocycles. The molecule has 4 N–H and O–H groups in total. The summed E-state index contributed by atoms with van der Waals surface area (Å²) in [5.74, 6) is -1.73. The van der Waals surface area contributed by atoms with Crippen LogP contribution >= 0.6 is 0 Å². The second kappa shape index (κ2) is 8.80. The molecule has 0 fully saturated rings. The lowest BCUT2D eigenvalue weighted by Crippen LogP contribution is -2.37. The van der Waals surface area contributed by atoms with Crippen molar-refractivity contribution in [2.75, 3.05) is 0 Å². The number of nitrogens with zero attached hydrogens (tertiary/aromatic N) is 2. The molecule has 0 aliphatic carbocycles. The molecule has 0 radical (unpaired) electrons. The highest BCUT2D eigenvalue weighted by Gasteiger charge is 2.18. The normalized spacial score (nSPS) is 10.7. The predicted octanol–water partition coefficient (Wildman–Crippen LogP) is 2.45. The standard InChI is InChI=1S/C22H22N4O5/c1-12-4-5-13(2)26(12)19-8-15(6-7-17(19)22(30)31)21(29)25-24-10-18-16(11-27)9-23-14(3)20(18)28/h4-9,11,24,28H,10H2,1-3H3,(H,25,29)(H,30,31). The van der Waals surface area contributed by atoms with E-state index in [1.165, 1.54) is 24.4 Å². The Morgan fingerprint density at radius 3 is 2.42 bits per heavy atom. The maximum Gasteiger partial charge on any atom is 0.337 e. The van der Waals surface area contributed by atoms with Crippen LogP contribution in [0.3, 0.4) is 0 Å². The fourth-order valence-electron chi connectivity index (χ4n) is 3.32. The van der Waals surface area contributed by atoms with E-state index in [-0.39, 0.29) is 29.0 Å². The van der Waals surface area contributed by atoms with E-state index in [4.69, 9.17) is 0 Å². The number of hydrogen-bond donors (Lipinski definition) is 4. The SMILES string of the molecule is Cc1ncc(C=O)c(CNNC(=O)c2ccc(C(=O)O)c(-n3c(C)ccc3C)c2)c1O. The number of nitrogens with one attached hydrogen (secondary N) is 2. The zero-order chi connectivity index (χ0) is 22.7. The Kier molecular flexibility index (Phi) is 6.17. The van der Waals surface area contributed by atoms with Gasteiger partial charge in [-0.3, -0.25) is 20.0 Å². The van der Waals surface area contributed by atoms with Crippen LogP contribution in [0.4, 0.5) is 0 Å². The zero-order valence-electron chi connectivity index (χ0n) is 17.3. The van der Waals surface area contributed by atoms with Gasteiger partial charge in [-0.15, -0.1) is 0 Å². The number of rotatable bonds is 7. The van der Waals surface area contributed by atoms with Crippen LogP contribution < -0.4 is 10.9 Å². The summed E-state index contributed by atoms with van der Waals surface area (Å²) in [5, 5.41) is 19.7. The second-order valence-corrected chi connectivity index (χ2v) is 7.04. The van der Waals surface area contributed by atoms with Crippen LogP contribution in [-0.4, -0.2) is 37.9 Å². The van der Waals surface area contributed by atoms with E-state index in [1.54, 1.807) is 11.5 Å². The third kappa shape index (κ3) is 4.31. The van der Waals surface area contributed by atoms with Crippen molar-refractivity contribution in [2.24, 2.45) is 0 Å². The highest BCUT2D eigenvalue weighted by molar-refractivity contribution is 5.98. The van der Waals surface area contributed by atoms with Crippen molar-refractivity contribution < 1.29 is 24.6 Å². The number of aldehydes is 1. The van der Waals surface area contributed by atoms with E-state index in [0.717, 1.165) is 11.4 Å². The number of hydrogen-bond acceptors (Lipinski definition) is 6. The number of hydrazine groups is 1. The van der Waals surface area contributed by atoms with Crippen LogP contribution in [-0.2, 0) is 6.54 Å². The van der Waals surface area contributed by atoms with Gasteiger partial charge in [-0.05, 0) is 51.1 Å². The summed E-state index contributed by atoms with van der Waals surface area (Å²) >= 11 is 0. The van der Waals surface area contributed by atoms with Gasteiger partial charge in [-0.25, -0.2) is 10.2 Å². The Morgan fingerprint density at radius 2 is 1.81 bits per heavy atom. The fourth-order valence-corrected chi connectivity index (χ4v) is 3.32. The van der Waals surface area contributed by atoms with Crippen LogP contribution in [0.1, 0.15) is 53.7 Å². The number of aryl methyl sites for hydroxylation is 3. The summed E-state index contributed by atoms with van der Waals surface area (Å²) in [6.45, 7) is 5.29. The first-order valence-electron chi connectivity index (χ1n) is 9.43. The topological polar surface area (TPSA) is 134 Å². The number of aromatic hydroxyl groups is 1. The highest BCUT2D eigenvalue weighted by Crippen LogP contribution is 2.23. The van der Waals surface area contributed by atoms with Crippen molar-refractivity contribution in [1.82, 2.24) is 20.4 Å². The molecule has 0 unspecified atom stereocenters. The van der Waals surface area contributed by atoms with Crippen molar-refractivity contribution in [2.45, 2.75) is 27.3 Å². The number of aromatic nitrogens is 2. The summed E-state index contributed by atoms with van der Waals surface area (Å²) in [5.41, 5.74) is 8.42. The monoisotopic (exact) mass is 422 g/mol. The number of carbonyl (C=O) groups excluding carboxylic acids is 2. The van der Waals surface area contributed by atoms with Gasteiger partial charge in [-0.2, -0.15) is 0 Å². The molecule has 9 nitrogen and oxygen atoms in total. The molecule has 31 heavy (non-hydrogen) atoms. The molecule has 0 atom stereocenters. The second-order valence-electron chi connectivity index (χ2n) is 7.04. The van der Waals surface area contributed by atoms with E-state index < -0.39 is 11.9 Å². The lowest BCUT2D eigenvalue weighted by atomic mass is 10.1. The predicted molar refractivity (Wildman–Crippen MR) is 113 cm³/mol. The molecule has 9 heteroatoms. The van der Waals surface area contributed by atoms with Crippen LogP contribution in [0.2, 0.25) is 0 Å². The van der Waals surface area contributed by atoms with Crippen LogP contribution in [0.25, 0.3) is 5.69 Å². The average Bonchev–Trinajstić information content (AvgIpc) is 3.08. The molecule has 0 saturated carbocycles. The molecular formula is C22H22N4O5. The van der Waals surface area contributed by atoms with Crippen molar-refractivity contribution in [3.63, 3.8) is 0 Å². The van der Waals surface area contributed by atoms with Crippen LogP contribution in [0.5, 0.6) is 5.75 Å². The number of aromatic carboxylic acids is 1. The lowest BCUT2D eigenvalue weighted by molar-refractivity contribution is 0.0696. The maximum atomic E-state index is 12.6. The van der Waals surface area contributed by atoms with Gasteiger partial charge in [0, 0.05) is 40.8 Å². The molecular weight excluding hydrogens is 400 g/mol. The van der Waals surface area contributed by atoms with E-state index >= 15 is 0 Å². The molecule has 3 rings (SSSR count). The number of carbonyl (C=O) groups is 3. The summed E-state index contributed by atoms with van der Waals surface area (Å²) in [4.78, 5) is 39.4. The first kappa shape index (κ1) is 21.7. The van der Waals surface area contributed by atoms with E-state index in [0.29, 0.717) is 23.2 Å². The van der Waals surface area contributed by atoms with Gasteiger partial charge in [0.15, 0.2) is 6.29 Å². The third-order valence-electron chi connectivity index (χ3n) is 4.97. The lowest BCUT2D eigenvalue weighted by Gasteiger charge is -2.15. The minimum absolute atomic E-state index is 0.00904. The Hall–Kier alpha value is -3.98. The Morgan fingerprint density at radius 1 is 1.13 bits per heavy atom. The quantitative estimate of drug-likeness (QED) is 0.339. The number of amides is 1. The molecule has 160 valence electrons. The van der Waals surface area contributed by atoms with Crippen molar-refractivity contribution in [1.29, 1.82) is 0 Å². The van der Waals surface area contributed by atoms with Gasteiger partial charge in [0.05, 0.1) is 16.9 Å². The Balaban J connectivity index is 1.84. The first-order valence-corrected chi connectivity index (χ1v) is 9.43. The smallest absolute Gasteiger partial charge is 0.337 e. The van der Waals surface area contributed by atoms with Gasteiger partial charge >= 0.3 is 5.97 Å². The molecule has 0 aliphatic heterocycles. The number of carboxylic acid groups (broad SMARTS) is 1. The van der Waals surface area contributed by atoms with Gasteiger partial charge < -0.3 is 14.8 Å². The molecule has 2 heterocycles. The van der Waals surface area contributed by atoms with E-state index in [1.807, 2.05) is 26.0 Å². The first-order chi connectivity index (χ1) is 14.7. The molecule has 0 saturated heterocycles. The molecule has 0 aliphatic rings. The van der Waals surface area contributed by atoms with Crippen LogP contribution in [0.15, 0.2) is 36.5 Å².